The van der Waals surface area contributed by atoms with Gasteiger partial charge in [-0.15, -0.1) is 0 Å². The Bertz CT molecular complexity index is 1140. The van der Waals surface area contributed by atoms with Crippen molar-refractivity contribution in [2.45, 2.75) is 137 Å². The molecule has 4 aliphatic heterocycles. The highest BCUT2D eigenvalue weighted by Crippen LogP contribution is 2.33. The molecule has 0 aromatic rings. The van der Waals surface area contributed by atoms with E-state index in [9.17, 15) is 70.9 Å². The Morgan fingerprint density at radius 2 is 0.980 bits per heavy atom. The quantitative estimate of drug-likeness (QED) is 0.0881. The third-order valence-corrected chi connectivity index (χ3v) is 8.99. The average molecular weight is 749 g/mol. The summed E-state index contributed by atoms with van der Waals surface area (Å²) in [6.07, 6.45) is -31.1. The second kappa shape index (κ2) is 18.0. The Balaban J connectivity index is 1.50. The predicted octanol–water partition coefficient (Wildman–Crippen LogP) is -9.46. The highest BCUT2D eigenvalue weighted by molar-refractivity contribution is 5.73. The zero-order valence-corrected chi connectivity index (χ0v) is 27.4. The largest absolute Gasteiger partial charge is 0.394 e. The monoisotopic (exact) mass is 748 g/mol. The number of carbonyl (C=O) groups excluding carboxylic acids is 2. The number of nitrogens with one attached hydrogen (secondary N) is 2. The molecule has 0 bridgehead atoms. The van der Waals surface area contributed by atoms with Gasteiger partial charge in [-0.1, -0.05) is 0 Å². The van der Waals surface area contributed by atoms with E-state index in [2.05, 4.69) is 10.6 Å². The van der Waals surface area contributed by atoms with Crippen LogP contribution < -0.4 is 10.6 Å². The molecule has 4 rings (SSSR count). The summed E-state index contributed by atoms with van der Waals surface area (Å²) in [7, 11) is 0. The Morgan fingerprint density at radius 1 is 0.510 bits per heavy atom. The summed E-state index contributed by atoms with van der Waals surface area (Å²) in [6.45, 7) is -0.940. The lowest BCUT2D eigenvalue weighted by Gasteiger charge is -2.48. The second-order valence-corrected chi connectivity index (χ2v) is 12.7. The van der Waals surface area contributed by atoms with Crippen molar-refractivity contribution >= 4 is 11.8 Å². The lowest BCUT2D eigenvalue weighted by atomic mass is 9.94. The second-order valence-electron chi connectivity index (χ2n) is 12.7. The van der Waals surface area contributed by atoms with Gasteiger partial charge in [0.05, 0.1) is 26.4 Å². The molecule has 4 heterocycles. The van der Waals surface area contributed by atoms with Crippen LogP contribution in [0.5, 0.6) is 0 Å². The first-order valence-corrected chi connectivity index (χ1v) is 16.1. The normalized spacial score (nSPS) is 47.8. The van der Waals surface area contributed by atoms with Crippen LogP contribution in [0.3, 0.4) is 0 Å². The summed E-state index contributed by atoms with van der Waals surface area (Å²) >= 11 is 0. The van der Waals surface area contributed by atoms with Gasteiger partial charge in [-0.2, -0.15) is 0 Å². The first kappa shape index (κ1) is 41.9. The van der Waals surface area contributed by atoms with E-state index in [4.69, 9.17) is 33.2 Å². The van der Waals surface area contributed by atoms with Gasteiger partial charge in [0.15, 0.2) is 25.2 Å². The fourth-order valence-electron chi connectivity index (χ4n) is 6.25. The molecule has 51 heavy (non-hydrogen) atoms. The summed E-state index contributed by atoms with van der Waals surface area (Å²) in [4.78, 5) is 23.8. The molecule has 4 saturated heterocycles. The van der Waals surface area contributed by atoms with E-state index in [0.29, 0.717) is 0 Å². The molecule has 14 N–H and O–H groups in total. The van der Waals surface area contributed by atoms with Gasteiger partial charge in [-0.3, -0.25) is 9.59 Å². The van der Waals surface area contributed by atoms with E-state index in [1.807, 2.05) is 0 Å². The van der Waals surface area contributed by atoms with Crippen molar-refractivity contribution in [1.29, 1.82) is 0 Å². The fourth-order valence-corrected chi connectivity index (χ4v) is 6.25. The highest BCUT2D eigenvalue weighted by atomic mass is 16.8. The highest BCUT2D eigenvalue weighted by Gasteiger charge is 2.54. The smallest absolute Gasteiger partial charge is 0.217 e. The standard InChI is InChI=1S/C28H48N2O21/c1-7(34)29-13-18(39)15(36)9(3-31)47-26(13)45-6-12-17(38)24(14(25(44)46-12)30-8(2)35)51-28-22(43)20(41)23(11(5-33)49-28)50-27-21(42)19(40)16(37)10(4-32)48-27/h9-28,31-33,36-44H,3-6H2,1-2H3,(H,29,34)(H,30,35)/t9-,10-,11-,12-,13-,14-,15-,16+,17+,18-,19+,20-,21-,22-,23+,24-,25+,26-,27-,28+/m1/s1. The SMILES string of the molecule is CC(=O)N[C@@H]1[C@@H](O[C@@H]2O[C@H](CO)[C@H](O[C@H]3O[C@H](CO)[C@H](O)[C@H](O)[C@H]3O)[C@H](O)[C@H]2O)[C@@H](O)[C@@H](CO[C@@H]2O[C@H](CO)[C@@H](O)[C@H](O)[C@H]2NC(C)=O)O[C@@H]1O. The maximum atomic E-state index is 12.0. The van der Waals surface area contributed by atoms with E-state index in [1.54, 1.807) is 0 Å². The van der Waals surface area contributed by atoms with E-state index >= 15 is 0 Å². The molecule has 2 amide bonds. The molecule has 0 aromatic carbocycles. The van der Waals surface area contributed by atoms with Crippen LogP contribution >= 0.6 is 0 Å². The number of hydrogen-bond acceptors (Lipinski definition) is 21. The first-order valence-electron chi connectivity index (χ1n) is 16.1. The molecule has 0 radical (unpaired) electrons. The Hall–Kier alpha value is -1.82. The summed E-state index contributed by atoms with van der Waals surface area (Å²) in [5.74, 6) is -1.36. The lowest BCUT2D eigenvalue weighted by molar-refractivity contribution is -0.373. The number of ether oxygens (including phenoxy) is 7. The lowest BCUT2D eigenvalue weighted by Crippen LogP contribution is -2.69. The minimum absolute atomic E-state index is 0.642. The molecule has 4 aliphatic rings. The number of aliphatic hydroxyl groups is 12. The molecule has 23 heteroatoms. The molecule has 0 spiro atoms. The van der Waals surface area contributed by atoms with Crippen LogP contribution in [0.15, 0.2) is 0 Å². The number of aliphatic hydroxyl groups excluding tert-OH is 12. The molecule has 23 nitrogen and oxygen atoms in total. The van der Waals surface area contributed by atoms with E-state index in [-0.39, 0.29) is 0 Å². The zero-order valence-electron chi connectivity index (χ0n) is 27.4. The first-order chi connectivity index (χ1) is 24.0. The van der Waals surface area contributed by atoms with Crippen LogP contribution in [0.2, 0.25) is 0 Å². The predicted molar refractivity (Wildman–Crippen MR) is 157 cm³/mol. The molecule has 0 aliphatic carbocycles. The molecule has 20 atom stereocenters. The topological polar surface area (TPSA) is 366 Å². The fraction of sp³-hybridized carbons (Fsp3) is 0.929. The third-order valence-electron chi connectivity index (χ3n) is 8.99. The minimum atomic E-state index is -2.06. The van der Waals surface area contributed by atoms with E-state index < -0.39 is 161 Å². The Morgan fingerprint density at radius 3 is 1.53 bits per heavy atom. The molecule has 4 fully saturated rings. The van der Waals surface area contributed by atoms with Gasteiger partial charge < -0.3 is 105 Å². The van der Waals surface area contributed by atoms with Crippen LogP contribution in [0.1, 0.15) is 13.8 Å². The van der Waals surface area contributed by atoms with Gasteiger partial charge in [0.25, 0.3) is 0 Å². The maximum absolute atomic E-state index is 12.0. The summed E-state index contributed by atoms with van der Waals surface area (Å²) in [6, 6.07) is -2.92. The molecule has 0 aromatic heterocycles. The molecule has 0 unspecified atom stereocenters. The van der Waals surface area contributed by atoms with Crippen LogP contribution in [0.4, 0.5) is 0 Å². The van der Waals surface area contributed by atoms with Crippen LogP contribution in [-0.4, -0.2) is 222 Å². The van der Waals surface area contributed by atoms with Crippen molar-refractivity contribution in [1.82, 2.24) is 10.6 Å². The van der Waals surface area contributed by atoms with Crippen LogP contribution in [-0.2, 0) is 42.7 Å². The van der Waals surface area contributed by atoms with Gasteiger partial charge in [0.1, 0.15) is 97.5 Å². The Kier molecular flexibility index (Phi) is 14.8. The van der Waals surface area contributed by atoms with E-state index in [1.165, 1.54) is 0 Å². The summed E-state index contributed by atoms with van der Waals surface area (Å²) < 4.78 is 38.8. The molecule has 296 valence electrons. The van der Waals surface area contributed by atoms with Gasteiger partial charge >= 0.3 is 0 Å². The summed E-state index contributed by atoms with van der Waals surface area (Å²) in [5, 5.41) is 129. The molecular formula is C28H48N2O21. The number of amides is 2. The van der Waals surface area contributed by atoms with Crippen molar-refractivity contribution in [3.63, 3.8) is 0 Å². The zero-order chi connectivity index (χ0) is 37.9. The molecule has 0 saturated carbocycles. The van der Waals surface area contributed by atoms with Crippen molar-refractivity contribution in [2.24, 2.45) is 0 Å². The third kappa shape index (κ3) is 9.29. The van der Waals surface area contributed by atoms with Gasteiger partial charge in [-0.05, 0) is 0 Å². The number of rotatable bonds is 12. The van der Waals surface area contributed by atoms with Crippen molar-refractivity contribution < 1.29 is 104 Å². The van der Waals surface area contributed by atoms with Crippen molar-refractivity contribution in [3.8, 4) is 0 Å². The summed E-state index contributed by atoms with van der Waals surface area (Å²) in [5.41, 5.74) is 0. The van der Waals surface area contributed by atoms with Gasteiger partial charge in [0, 0.05) is 13.8 Å². The minimum Gasteiger partial charge on any atom is -0.394 e. The van der Waals surface area contributed by atoms with E-state index in [0.717, 1.165) is 13.8 Å². The van der Waals surface area contributed by atoms with Gasteiger partial charge in [0.2, 0.25) is 11.8 Å². The molecular weight excluding hydrogens is 700 g/mol. The van der Waals surface area contributed by atoms with Crippen LogP contribution in [0.25, 0.3) is 0 Å². The van der Waals surface area contributed by atoms with Crippen molar-refractivity contribution in [2.75, 3.05) is 26.4 Å². The average Bonchev–Trinajstić information content (AvgIpc) is 3.08. The Labute approximate surface area is 289 Å². The van der Waals surface area contributed by atoms with Crippen LogP contribution in [0, 0.1) is 0 Å². The number of carbonyl (C=O) groups is 2. The van der Waals surface area contributed by atoms with Crippen molar-refractivity contribution in [3.05, 3.63) is 0 Å². The van der Waals surface area contributed by atoms with Gasteiger partial charge in [-0.25, -0.2) is 0 Å². The number of hydrogen-bond donors (Lipinski definition) is 14. The maximum Gasteiger partial charge on any atom is 0.217 e.